The molecule has 0 fully saturated rings. The average molecular weight is 308 g/mol. The molecule has 2 rings (SSSR count). The Labute approximate surface area is 134 Å². The minimum absolute atomic E-state index is 0.0427. The Hall–Kier alpha value is -3.01. The maximum Gasteiger partial charge on any atom is 0.383 e. The van der Waals surface area contributed by atoms with Crippen molar-refractivity contribution in [2.75, 3.05) is 0 Å². The van der Waals surface area contributed by atoms with Crippen molar-refractivity contribution < 1.29 is 19.1 Å². The van der Waals surface area contributed by atoms with Crippen LogP contribution >= 0.6 is 0 Å². The molecule has 4 heteroatoms. The van der Waals surface area contributed by atoms with Gasteiger partial charge in [0, 0.05) is 5.56 Å². The summed E-state index contributed by atoms with van der Waals surface area (Å²) in [4.78, 5) is 35.5. The van der Waals surface area contributed by atoms with Gasteiger partial charge in [0.1, 0.15) is 6.61 Å². The predicted octanol–water partition coefficient (Wildman–Crippen LogP) is 3.21. The minimum Gasteiger partial charge on any atom is -0.455 e. The fourth-order valence-corrected chi connectivity index (χ4v) is 1.95. The van der Waals surface area contributed by atoms with E-state index < -0.39 is 17.5 Å². The first-order valence-corrected chi connectivity index (χ1v) is 7.14. The van der Waals surface area contributed by atoms with Crippen LogP contribution in [0.4, 0.5) is 0 Å². The van der Waals surface area contributed by atoms with E-state index in [2.05, 4.69) is 0 Å². The summed E-state index contributed by atoms with van der Waals surface area (Å²) in [5.74, 6) is -3.17. The molecule has 0 aromatic heterocycles. The fraction of sp³-hybridized carbons (Fsp3) is 0.105. The summed E-state index contributed by atoms with van der Waals surface area (Å²) in [6.45, 7) is 1.84. The number of rotatable bonds is 6. The number of ether oxygens (including phenoxy) is 1. The number of esters is 1. The number of carbonyl (C=O) groups is 3. The van der Waals surface area contributed by atoms with Crippen molar-refractivity contribution in [1.29, 1.82) is 0 Å². The van der Waals surface area contributed by atoms with Crippen LogP contribution in [0.25, 0.3) is 6.08 Å². The van der Waals surface area contributed by atoms with Crippen LogP contribution in [0.3, 0.4) is 0 Å². The fourth-order valence-electron chi connectivity index (χ4n) is 1.95. The van der Waals surface area contributed by atoms with E-state index in [9.17, 15) is 14.4 Å². The third-order valence-corrected chi connectivity index (χ3v) is 3.14. The Kier molecular flexibility index (Phi) is 5.58. The van der Waals surface area contributed by atoms with Gasteiger partial charge in [-0.15, -0.1) is 0 Å². The second kappa shape index (κ2) is 7.84. The highest BCUT2D eigenvalue weighted by Crippen LogP contribution is 2.08. The summed E-state index contributed by atoms with van der Waals surface area (Å²) in [5.41, 5.74) is 1.82. The Morgan fingerprint density at radius 2 is 1.61 bits per heavy atom. The average Bonchev–Trinajstić information content (AvgIpc) is 2.60. The molecule has 23 heavy (non-hydrogen) atoms. The molecule has 4 nitrogen and oxygen atoms in total. The largest absolute Gasteiger partial charge is 0.455 e. The van der Waals surface area contributed by atoms with E-state index in [1.807, 2.05) is 25.1 Å². The summed E-state index contributed by atoms with van der Waals surface area (Å²) in [5, 5.41) is 0. The van der Waals surface area contributed by atoms with Gasteiger partial charge in [-0.1, -0.05) is 66.7 Å². The standard InChI is InChI=1S/C19H16O4/c1-2-6-14-9-11-16(12-10-14)17(20)18(21)19(22)23-13-15-7-4-3-5-8-15/h2-12H,13H2,1H3/b6-2+. The molecule has 0 saturated carbocycles. The Bertz CT molecular complexity index is 728. The summed E-state index contributed by atoms with van der Waals surface area (Å²) in [6, 6.07) is 15.4. The van der Waals surface area contributed by atoms with E-state index in [1.165, 1.54) is 12.1 Å². The third-order valence-electron chi connectivity index (χ3n) is 3.14. The van der Waals surface area contributed by atoms with Crippen molar-refractivity contribution >= 4 is 23.6 Å². The van der Waals surface area contributed by atoms with Crippen LogP contribution in [0.15, 0.2) is 60.7 Å². The maximum atomic E-state index is 12.0. The van der Waals surface area contributed by atoms with Crippen LogP contribution in [0.5, 0.6) is 0 Å². The Balaban J connectivity index is 1.98. The van der Waals surface area contributed by atoms with Crippen LogP contribution in [0.1, 0.15) is 28.4 Å². The number of hydrogen-bond donors (Lipinski definition) is 0. The highest BCUT2D eigenvalue weighted by molar-refractivity contribution is 6.65. The predicted molar refractivity (Wildman–Crippen MR) is 86.7 cm³/mol. The van der Waals surface area contributed by atoms with Crippen molar-refractivity contribution in [3.8, 4) is 0 Å². The SMILES string of the molecule is C/C=C/c1ccc(C(=O)C(=O)C(=O)OCc2ccccc2)cc1. The van der Waals surface area contributed by atoms with Crippen molar-refractivity contribution in [3.05, 3.63) is 77.4 Å². The lowest BCUT2D eigenvalue weighted by Gasteiger charge is -2.04. The van der Waals surface area contributed by atoms with E-state index in [0.29, 0.717) is 0 Å². The number of Topliss-reactive ketones (excluding diaryl/α,β-unsaturated/α-hetero) is 2. The van der Waals surface area contributed by atoms with Crippen LogP contribution in [0.2, 0.25) is 0 Å². The van der Waals surface area contributed by atoms with E-state index >= 15 is 0 Å². The molecule has 2 aromatic carbocycles. The van der Waals surface area contributed by atoms with E-state index in [4.69, 9.17) is 4.74 Å². The number of carbonyl (C=O) groups excluding carboxylic acids is 3. The molecule has 116 valence electrons. The summed E-state index contributed by atoms with van der Waals surface area (Å²) >= 11 is 0. The lowest BCUT2D eigenvalue weighted by Crippen LogP contribution is -2.26. The summed E-state index contributed by atoms with van der Waals surface area (Å²) in [6.07, 6.45) is 3.73. The van der Waals surface area contributed by atoms with Crippen molar-refractivity contribution in [3.63, 3.8) is 0 Å². The molecule has 0 atom stereocenters. The third kappa shape index (κ3) is 4.48. The van der Waals surface area contributed by atoms with Gasteiger partial charge >= 0.3 is 11.8 Å². The minimum atomic E-state index is -1.17. The zero-order valence-corrected chi connectivity index (χ0v) is 12.7. The van der Waals surface area contributed by atoms with E-state index in [1.54, 1.807) is 36.4 Å². The van der Waals surface area contributed by atoms with Gasteiger partial charge in [-0.3, -0.25) is 9.59 Å². The first-order chi connectivity index (χ1) is 11.1. The monoisotopic (exact) mass is 308 g/mol. The Morgan fingerprint density at radius 3 is 2.22 bits per heavy atom. The summed E-state index contributed by atoms with van der Waals surface area (Å²) in [7, 11) is 0. The smallest absolute Gasteiger partial charge is 0.383 e. The molecular formula is C19H16O4. The van der Waals surface area contributed by atoms with Gasteiger partial charge in [0.15, 0.2) is 0 Å². The molecule has 0 unspecified atom stereocenters. The maximum absolute atomic E-state index is 12.0. The second-order valence-corrected chi connectivity index (χ2v) is 4.84. The summed E-state index contributed by atoms with van der Waals surface area (Å²) < 4.78 is 4.87. The molecule has 0 radical (unpaired) electrons. The Morgan fingerprint density at radius 1 is 0.957 bits per heavy atom. The van der Waals surface area contributed by atoms with Crippen LogP contribution in [0, 0.1) is 0 Å². The number of ketones is 2. The molecular weight excluding hydrogens is 292 g/mol. The highest BCUT2D eigenvalue weighted by Gasteiger charge is 2.25. The molecule has 0 aliphatic carbocycles. The normalized spacial score (nSPS) is 10.5. The molecule has 2 aromatic rings. The topological polar surface area (TPSA) is 60.4 Å². The second-order valence-electron chi connectivity index (χ2n) is 4.84. The van der Waals surface area contributed by atoms with Crippen LogP contribution in [-0.4, -0.2) is 17.5 Å². The zero-order valence-electron chi connectivity index (χ0n) is 12.7. The van der Waals surface area contributed by atoms with Gasteiger partial charge < -0.3 is 4.74 Å². The number of allylic oxidation sites excluding steroid dienone is 1. The lowest BCUT2D eigenvalue weighted by atomic mass is 10.1. The van der Waals surface area contributed by atoms with Gasteiger partial charge in [0.2, 0.25) is 5.78 Å². The molecule has 0 amide bonds. The molecule has 0 N–H and O–H groups in total. The van der Waals surface area contributed by atoms with Gasteiger partial charge in [0.25, 0.3) is 0 Å². The lowest BCUT2D eigenvalue weighted by molar-refractivity contribution is -0.152. The molecule has 0 spiro atoms. The van der Waals surface area contributed by atoms with Gasteiger partial charge in [0.05, 0.1) is 0 Å². The van der Waals surface area contributed by atoms with Crippen molar-refractivity contribution in [2.24, 2.45) is 0 Å². The molecule has 0 aliphatic heterocycles. The van der Waals surface area contributed by atoms with Crippen molar-refractivity contribution in [2.45, 2.75) is 13.5 Å². The molecule has 0 aliphatic rings. The van der Waals surface area contributed by atoms with Crippen molar-refractivity contribution in [1.82, 2.24) is 0 Å². The zero-order chi connectivity index (χ0) is 16.7. The van der Waals surface area contributed by atoms with Crippen LogP contribution in [-0.2, 0) is 20.9 Å². The van der Waals surface area contributed by atoms with E-state index in [0.717, 1.165) is 11.1 Å². The first-order valence-electron chi connectivity index (χ1n) is 7.14. The van der Waals surface area contributed by atoms with Gasteiger partial charge in [-0.2, -0.15) is 0 Å². The van der Waals surface area contributed by atoms with Gasteiger partial charge in [-0.25, -0.2) is 4.79 Å². The quantitative estimate of drug-likeness (QED) is 0.356. The van der Waals surface area contributed by atoms with Gasteiger partial charge in [-0.05, 0) is 18.1 Å². The first kappa shape index (κ1) is 16.4. The van der Waals surface area contributed by atoms with Crippen LogP contribution < -0.4 is 0 Å². The molecule has 0 bridgehead atoms. The van der Waals surface area contributed by atoms with E-state index in [-0.39, 0.29) is 12.2 Å². The molecule has 0 saturated heterocycles. The number of hydrogen-bond acceptors (Lipinski definition) is 4. The number of benzene rings is 2. The highest BCUT2D eigenvalue weighted by atomic mass is 16.5. The molecule has 0 heterocycles.